The lowest BCUT2D eigenvalue weighted by atomic mass is 10.1. The van der Waals surface area contributed by atoms with Gasteiger partial charge in [0, 0.05) is 33.8 Å². The van der Waals surface area contributed by atoms with E-state index < -0.39 is 16.2 Å². The summed E-state index contributed by atoms with van der Waals surface area (Å²) in [6, 6.07) is 0. The number of ether oxygens (including phenoxy) is 1. The third-order valence-corrected chi connectivity index (χ3v) is 4.99. The van der Waals surface area contributed by atoms with E-state index in [9.17, 15) is 13.2 Å². The van der Waals surface area contributed by atoms with Gasteiger partial charge in [0.2, 0.25) is 0 Å². The highest BCUT2D eigenvalue weighted by atomic mass is 32.2. The van der Waals surface area contributed by atoms with E-state index in [1.54, 1.807) is 7.11 Å². The van der Waals surface area contributed by atoms with Crippen molar-refractivity contribution in [3.05, 3.63) is 0 Å². The number of carbonyl (C=O) groups is 1. The van der Waals surface area contributed by atoms with Crippen molar-refractivity contribution in [2.75, 3.05) is 33.8 Å². The molecule has 0 aromatic heterocycles. The van der Waals surface area contributed by atoms with Gasteiger partial charge in [0.05, 0.1) is 12.5 Å². The van der Waals surface area contributed by atoms with Crippen LogP contribution in [-0.4, -0.2) is 68.0 Å². The van der Waals surface area contributed by atoms with Crippen LogP contribution in [-0.2, 0) is 19.7 Å². The average Bonchev–Trinajstić information content (AvgIpc) is 2.35. The zero-order valence-corrected chi connectivity index (χ0v) is 11.5. The van der Waals surface area contributed by atoms with Crippen LogP contribution in [0, 0.1) is 0 Å². The van der Waals surface area contributed by atoms with E-state index in [1.807, 2.05) is 0 Å². The Hall–Kier alpha value is -0.700. The normalized spacial score (nSPS) is 22.3. The molecule has 18 heavy (non-hydrogen) atoms. The molecule has 0 aromatic carbocycles. The van der Waals surface area contributed by atoms with Crippen LogP contribution in [0.1, 0.15) is 19.3 Å². The summed E-state index contributed by atoms with van der Waals surface area (Å²) in [5, 5.41) is 8.56. The van der Waals surface area contributed by atoms with Gasteiger partial charge >= 0.3 is 5.97 Å². The molecule has 8 heteroatoms. The number of carboxylic acid groups (broad SMARTS) is 1. The Morgan fingerprint density at radius 3 is 2.78 bits per heavy atom. The molecule has 0 bridgehead atoms. The topological polar surface area (TPSA) is 87.2 Å². The van der Waals surface area contributed by atoms with E-state index in [2.05, 4.69) is 0 Å². The quantitative estimate of drug-likeness (QED) is 0.725. The van der Waals surface area contributed by atoms with Gasteiger partial charge in [-0.15, -0.1) is 0 Å². The molecular weight excluding hydrogens is 260 g/mol. The highest BCUT2D eigenvalue weighted by molar-refractivity contribution is 7.86. The van der Waals surface area contributed by atoms with Crippen molar-refractivity contribution in [2.24, 2.45) is 0 Å². The fourth-order valence-corrected chi connectivity index (χ4v) is 3.30. The molecule has 0 amide bonds. The molecule has 1 aliphatic heterocycles. The molecule has 1 N–H and O–H groups in total. The van der Waals surface area contributed by atoms with Crippen molar-refractivity contribution in [1.82, 2.24) is 8.61 Å². The monoisotopic (exact) mass is 280 g/mol. The SMILES string of the molecule is COC1CCCN(S(=O)(=O)N(C)CCC(=O)O)C1. The molecule has 0 spiro atoms. The summed E-state index contributed by atoms with van der Waals surface area (Å²) in [6.07, 6.45) is 1.32. The summed E-state index contributed by atoms with van der Waals surface area (Å²) in [5.41, 5.74) is 0. The Labute approximate surface area is 108 Å². The maximum absolute atomic E-state index is 12.2. The van der Waals surface area contributed by atoms with E-state index in [0.717, 1.165) is 17.1 Å². The van der Waals surface area contributed by atoms with Gasteiger partial charge in [0.1, 0.15) is 0 Å². The fourth-order valence-electron chi connectivity index (χ4n) is 1.87. The van der Waals surface area contributed by atoms with Crippen LogP contribution in [0.2, 0.25) is 0 Å². The van der Waals surface area contributed by atoms with Crippen molar-refractivity contribution in [2.45, 2.75) is 25.4 Å². The highest BCUT2D eigenvalue weighted by Gasteiger charge is 2.31. The first kappa shape index (κ1) is 15.4. The molecule has 1 heterocycles. The Balaban J connectivity index is 2.64. The van der Waals surface area contributed by atoms with Crippen molar-refractivity contribution in [3.8, 4) is 0 Å². The molecule has 1 aliphatic rings. The van der Waals surface area contributed by atoms with Crippen LogP contribution in [0.4, 0.5) is 0 Å². The van der Waals surface area contributed by atoms with Gasteiger partial charge in [-0.05, 0) is 12.8 Å². The number of hydrogen-bond donors (Lipinski definition) is 1. The Bertz CT molecular complexity index is 384. The molecule has 0 aromatic rings. The van der Waals surface area contributed by atoms with E-state index in [1.165, 1.54) is 11.4 Å². The van der Waals surface area contributed by atoms with Gasteiger partial charge in [-0.25, -0.2) is 0 Å². The predicted molar refractivity (Wildman–Crippen MR) is 65.4 cm³/mol. The molecule has 1 fully saturated rings. The minimum Gasteiger partial charge on any atom is -0.481 e. The van der Waals surface area contributed by atoms with Crippen LogP contribution in [0.15, 0.2) is 0 Å². The molecule has 1 saturated heterocycles. The Kier molecular flexibility index (Phi) is 5.51. The first-order chi connectivity index (χ1) is 8.37. The highest BCUT2D eigenvalue weighted by Crippen LogP contribution is 2.17. The summed E-state index contributed by atoms with van der Waals surface area (Å²) in [7, 11) is -0.615. The predicted octanol–water partition coefficient (Wildman–Crippen LogP) is -0.251. The summed E-state index contributed by atoms with van der Waals surface area (Å²) in [6.45, 7) is 0.766. The molecule has 0 radical (unpaired) electrons. The van der Waals surface area contributed by atoms with Crippen LogP contribution in [0.3, 0.4) is 0 Å². The van der Waals surface area contributed by atoms with Gasteiger partial charge < -0.3 is 9.84 Å². The number of rotatable bonds is 6. The molecule has 106 valence electrons. The van der Waals surface area contributed by atoms with Crippen LogP contribution < -0.4 is 0 Å². The molecule has 1 atom stereocenters. The van der Waals surface area contributed by atoms with E-state index in [-0.39, 0.29) is 19.1 Å². The molecule has 0 saturated carbocycles. The number of carboxylic acids is 1. The fraction of sp³-hybridized carbons (Fsp3) is 0.900. The van der Waals surface area contributed by atoms with Crippen molar-refractivity contribution in [3.63, 3.8) is 0 Å². The van der Waals surface area contributed by atoms with Gasteiger partial charge in [-0.1, -0.05) is 0 Å². The number of hydrogen-bond acceptors (Lipinski definition) is 4. The number of piperidine rings is 1. The second-order valence-electron chi connectivity index (χ2n) is 4.33. The Morgan fingerprint density at radius 1 is 1.56 bits per heavy atom. The second-order valence-corrected chi connectivity index (χ2v) is 6.37. The maximum Gasteiger partial charge on any atom is 0.304 e. The number of methoxy groups -OCH3 is 1. The van der Waals surface area contributed by atoms with Gasteiger partial charge in [0.25, 0.3) is 10.2 Å². The molecule has 0 aliphatic carbocycles. The zero-order chi connectivity index (χ0) is 13.8. The van der Waals surface area contributed by atoms with Crippen molar-refractivity contribution >= 4 is 16.2 Å². The third-order valence-electron chi connectivity index (χ3n) is 3.03. The van der Waals surface area contributed by atoms with Crippen LogP contribution >= 0.6 is 0 Å². The van der Waals surface area contributed by atoms with Crippen LogP contribution in [0.25, 0.3) is 0 Å². The summed E-state index contributed by atoms with van der Waals surface area (Å²) in [5.74, 6) is -1.01. The first-order valence-electron chi connectivity index (χ1n) is 5.84. The van der Waals surface area contributed by atoms with Gasteiger partial charge in [-0.2, -0.15) is 17.0 Å². The maximum atomic E-state index is 12.2. The summed E-state index contributed by atoms with van der Waals surface area (Å²) in [4.78, 5) is 10.5. The standard InChI is InChI=1S/C10H20N2O5S/c1-11(7-5-10(13)14)18(15,16)12-6-3-4-9(8-12)17-2/h9H,3-8H2,1-2H3,(H,13,14). The zero-order valence-electron chi connectivity index (χ0n) is 10.7. The summed E-state index contributed by atoms with van der Waals surface area (Å²) < 4.78 is 31.9. The Morgan fingerprint density at radius 2 is 2.22 bits per heavy atom. The molecule has 1 unspecified atom stereocenters. The molecular formula is C10H20N2O5S. The lowest BCUT2D eigenvalue weighted by molar-refractivity contribution is -0.137. The van der Waals surface area contributed by atoms with Crippen molar-refractivity contribution < 1.29 is 23.1 Å². The van der Waals surface area contributed by atoms with E-state index in [4.69, 9.17) is 9.84 Å². The smallest absolute Gasteiger partial charge is 0.304 e. The minimum absolute atomic E-state index is 0.0220. The lowest BCUT2D eigenvalue weighted by Crippen LogP contribution is -2.48. The molecule has 1 rings (SSSR count). The van der Waals surface area contributed by atoms with Gasteiger partial charge in [-0.3, -0.25) is 4.79 Å². The largest absolute Gasteiger partial charge is 0.481 e. The third kappa shape index (κ3) is 3.91. The summed E-state index contributed by atoms with van der Waals surface area (Å²) >= 11 is 0. The first-order valence-corrected chi connectivity index (χ1v) is 7.23. The van der Waals surface area contributed by atoms with Crippen LogP contribution in [0.5, 0.6) is 0 Å². The second kappa shape index (κ2) is 6.46. The minimum atomic E-state index is -3.58. The number of aliphatic carboxylic acids is 1. The van der Waals surface area contributed by atoms with E-state index >= 15 is 0 Å². The van der Waals surface area contributed by atoms with Crippen molar-refractivity contribution in [1.29, 1.82) is 0 Å². The average molecular weight is 280 g/mol. The van der Waals surface area contributed by atoms with Gasteiger partial charge in [0.15, 0.2) is 0 Å². The lowest BCUT2D eigenvalue weighted by Gasteiger charge is -2.33. The molecule has 7 nitrogen and oxygen atoms in total. The van der Waals surface area contributed by atoms with E-state index in [0.29, 0.717) is 13.1 Å². The number of nitrogens with zero attached hydrogens (tertiary/aromatic N) is 2.